The number of aromatic nitrogens is 3. The van der Waals surface area contributed by atoms with Gasteiger partial charge in [0, 0.05) is 43.5 Å². The fourth-order valence-electron chi connectivity index (χ4n) is 3.55. The second kappa shape index (κ2) is 7.46. The van der Waals surface area contributed by atoms with Crippen molar-refractivity contribution >= 4 is 17.2 Å². The number of methoxy groups -OCH3 is 1. The zero-order valence-electron chi connectivity index (χ0n) is 15.4. The van der Waals surface area contributed by atoms with Gasteiger partial charge in [0.2, 0.25) is 5.65 Å². The van der Waals surface area contributed by atoms with Gasteiger partial charge >= 0.3 is 0 Å². The lowest BCUT2D eigenvalue weighted by Crippen LogP contribution is -2.29. The van der Waals surface area contributed by atoms with Gasteiger partial charge in [0.05, 0.1) is 0 Å². The number of pyridine rings is 1. The van der Waals surface area contributed by atoms with Crippen molar-refractivity contribution in [1.82, 2.24) is 14.6 Å². The van der Waals surface area contributed by atoms with Crippen LogP contribution in [0.15, 0.2) is 36.5 Å². The summed E-state index contributed by atoms with van der Waals surface area (Å²) in [5.41, 5.74) is 1.07. The average molecular weight is 388 g/mol. The van der Waals surface area contributed by atoms with Crippen LogP contribution in [0.3, 0.4) is 0 Å². The first-order chi connectivity index (χ1) is 13.1. The number of fused-ring (bicyclic) bond motifs is 1. The summed E-state index contributed by atoms with van der Waals surface area (Å²) in [5.74, 6) is 2.12. The number of hydrogen-bond acceptors (Lipinski definition) is 5. The van der Waals surface area contributed by atoms with Gasteiger partial charge in [-0.15, -0.1) is 10.2 Å². The Kier molecular flexibility index (Phi) is 5.04. The molecule has 0 bridgehead atoms. The Bertz CT molecular complexity index is 951. The SMILES string of the molecule is COCCC1(c2nnc3c(Oc4cccc(Cl)c4C)cccn23)CCCO1. The maximum Gasteiger partial charge on any atom is 0.204 e. The van der Waals surface area contributed by atoms with Crippen molar-refractivity contribution in [3.05, 3.63) is 52.9 Å². The van der Waals surface area contributed by atoms with Gasteiger partial charge in [0.15, 0.2) is 11.6 Å². The lowest BCUT2D eigenvalue weighted by atomic mass is 9.95. The van der Waals surface area contributed by atoms with Crippen LogP contribution >= 0.6 is 11.6 Å². The molecule has 1 aliphatic rings. The van der Waals surface area contributed by atoms with Crippen LogP contribution in [-0.2, 0) is 15.1 Å². The third kappa shape index (κ3) is 3.29. The number of rotatable bonds is 6. The predicted octanol–water partition coefficient (Wildman–Crippen LogP) is 4.53. The molecule has 0 amide bonds. The van der Waals surface area contributed by atoms with Crippen LogP contribution in [0, 0.1) is 6.92 Å². The van der Waals surface area contributed by atoms with E-state index in [1.807, 2.05) is 47.9 Å². The van der Waals surface area contributed by atoms with Crippen LogP contribution in [0.4, 0.5) is 0 Å². The molecule has 3 aromatic rings. The molecule has 0 N–H and O–H groups in total. The highest BCUT2D eigenvalue weighted by Crippen LogP contribution is 2.39. The number of hydrogen-bond donors (Lipinski definition) is 0. The summed E-state index contributed by atoms with van der Waals surface area (Å²) in [6.07, 6.45) is 4.58. The van der Waals surface area contributed by atoms with Gasteiger partial charge in [-0.25, -0.2) is 0 Å². The molecule has 1 aromatic carbocycles. The molecule has 1 aliphatic heterocycles. The summed E-state index contributed by atoms with van der Waals surface area (Å²) in [4.78, 5) is 0. The highest BCUT2D eigenvalue weighted by molar-refractivity contribution is 6.31. The van der Waals surface area contributed by atoms with Gasteiger partial charge in [-0.05, 0) is 44.0 Å². The standard InChI is InChI=1S/C20H22ClN3O3/c1-14-15(21)6-3-7-16(14)27-17-8-4-11-24-18(17)22-23-19(24)20(10-13-25-2)9-5-12-26-20/h3-4,6-8,11H,5,9-10,12-13H2,1-2H3. The summed E-state index contributed by atoms with van der Waals surface area (Å²) in [5, 5.41) is 9.54. The second-order valence-corrected chi connectivity index (χ2v) is 7.15. The molecule has 0 aliphatic carbocycles. The zero-order chi connectivity index (χ0) is 18.9. The summed E-state index contributed by atoms with van der Waals surface area (Å²) in [6.45, 7) is 3.25. The second-order valence-electron chi connectivity index (χ2n) is 6.74. The molecular weight excluding hydrogens is 366 g/mol. The van der Waals surface area contributed by atoms with Gasteiger partial charge in [-0.3, -0.25) is 4.40 Å². The lowest BCUT2D eigenvalue weighted by molar-refractivity contribution is -0.0308. The number of benzene rings is 1. The quantitative estimate of drug-likeness (QED) is 0.622. The molecule has 4 rings (SSSR count). The minimum absolute atomic E-state index is 0.472. The first kappa shape index (κ1) is 18.2. The van der Waals surface area contributed by atoms with E-state index in [9.17, 15) is 0 Å². The Hall–Kier alpha value is -2.15. The molecule has 1 fully saturated rings. The van der Waals surface area contributed by atoms with Crippen molar-refractivity contribution < 1.29 is 14.2 Å². The number of nitrogens with zero attached hydrogens (tertiary/aromatic N) is 3. The number of halogens is 1. The largest absolute Gasteiger partial charge is 0.453 e. The van der Waals surface area contributed by atoms with Crippen molar-refractivity contribution in [3.8, 4) is 11.5 Å². The molecule has 1 saturated heterocycles. The summed E-state index contributed by atoms with van der Waals surface area (Å²) in [6, 6.07) is 9.41. The Morgan fingerprint density at radius 1 is 1.22 bits per heavy atom. The monoisotopic (exact) mass is 387 g/mol. The van der Waals surface area contributed by atoms with E-state index < -0.39 is 5.60 Å². The molecule has 2 aromatic heterocycles. The Labute approximate surface area is 163 Å². The van der Waals surface area contributed by atoms with E-state index in [0.717, 1.165) is 37.3 Å². The molecule has 0 radical (unpaired) electrons. The first-order valence-corrected chi connectivity index (χ1v) is 9.42. The van der Waals surface area contributed by atoms with E-state index in [2.05, 4.69) is 10.2 Å². The molecular formula is C20H22ClN3O3. The van der Waals surface area contributed by atoms with Crippen LogP contribution in [0.5, 0.6) is 11.5 Å². The molecule has 0 saturated carbocycles. The van der Waals surface area contributed by atoms with E-state index in [4.69, 9.17) is 25.8 Å². The minimum atomic E-state index is -0.472. The summed E-state index contributed by atoms with van der Waals surface area (Å²) >= 11 is 6.21. The third-order valence-corrected chi connectivity index (χ3v) is 5.47. The van der Waals surface area contributed by atoms with Crippen molar-refractivity contribution in [3.63, 3.8) is 0 Å². The van der Waals surface area contributed by atoms with E-state index in [1.165, 1.54) is 0 Å². The molecule has 1 unspecified atom stereocenters. The number of ether oxygens (including phenoxy) is 3. The van der Waals surface area contributed by atoms with Crippen LogP contribution in [0.25, 0.3) is 5.65 Å². The van der Waals surface area contributed by atoms with E-state index in [1.54, 1.807) is 7.11 Å². The van der Waals surface area contributed by atoms with Crippen molar-refractivity contribution in [1.29, 1.82) is 0 Å². The third-order valence-electron chi connectivity index (χ3n) is 5.06. The van der Waals surface area contributed by atoms with E-state index in [-0.39, 0.29) is 0 Å². The van der Waals surface area contributed by atoms with E-state index >= 15 is 0 Å². The van der Waals surface area contributed by atoms with Crippen LogP contribution in [0.1, 0.15) is 30.7 Å². The Balaban J connectivity index is 1.74. The van der Waals surface area contributed by atoms with Gasteiger partial charge in [-0.2, -0.15) is 0 Å². The molecule has 142 valence electrons. The normalized spacial score (nSPS) is 19.7. The first-order valence-electron chi connectivity index (χ1n) is 9.05. The fraction of sp³-hybridized carbons (Fsp3) is 0.400. The highest BCUT2D eigenvalue weighted by atomic mass is 35.5. The summed E-state index contributed by atoms with van der Waals surface area (Å²) < 4.78 is 19.5. The fourth-order valence-corrected chi connectivity index (χ4v) is 3.71. The Morgan fingerprint density at radius 2 is 2.07 bits per heavy atom. The van der Waals surface area contributed by atoms with Gasteiger partial charge < -0.3 is 14.2 Å². The van der Waals surface area contributed by atoms with E-state index in [0.29, 0.717) is 28.8 Å². The van der Waals surface area contributed by atoms with Crippen molar-refractivity contribution in [2.75, 3.05) is 20.3 Å². The molecule has 6 nitrogen and oxygen atoms in total. The molecule has 27 heavy (non-hydrogen) atoms. The topological polar surface area (TPSA) is 57.9 Å². The van der Waals surface area contributed by atoms with Gasteiger partial charge in [-0.1, -0.05) is 17.7 Å². The highest BCUT2D eigenvalue weighted by Gasteiger charge is 2.41. The van der Waals surface area contributed by atoms with Gasteiger partial charge in [0.25, 0.3) is 0 Å². The van der Waals surface area contributed by atoms with Crippen LogP contribution < -0.4 is 4.74 Å². The van der Waals surface area contributed by atoms with Crippen molar-refractivity contribution in [2.45, 2.75) is 31.8 Å². The molecule has 7 heteroatoms. The zero-order valence-corrected chi connectivity index (χ0v) is 16.2. The lowest BCUT2D eigenvalue weighted by Gasteiger charge is -2.26. The van der Waals surface area contributed by atoms with Crippen LogP contribution in [-0.4, -0.2) is 34.9 Å². The smallest absolute Gasteiger partial charge is 0.204 e. The van der Waals surface area contributed by atoms with Crippen molar-refractivity contribution in [2.24, 2.45) is 0 Å². The summed E-state index contributed by atoms with van der Waals surface area (Å²) in [7, 11) is 1.70. The minimum Gasteiger partial charge on any atom is -0.453 e. The maximum atomic E-state index is 6.21. The predicted molar refractivity (Wildman–Crippen MR) is 103 cm³/mol. The molecule has 1 atom stereocenters. The van der Waals surface area contributed by atoms with Crippen LogP contribution in [0.2, 0.25) is 5.02 Å². The average Bonchev–Trinajstić information content (AvgIpc) is 3.32. The molecule has 3 heterocycles. The Morgan fingerprint density at radius 3 is 2.85 bits per heavy atom. The maximum absolute atomic E-state index is 6.21. The molecule has 0 spiro atoms. The van der Waals surface area contributed by atoms with Gasteiger partial charge in [0.1, 0.15) is 11.4 Å².